The minimum Gasteiger partial charge on any atom is -0.481 e. The second kappa shape index (κ2) is 13.8. The first-order valence-electron chi connectivity index (χ1n) is 20.2. The second-order valence-corrected chi connectivity index (χ2v) is 20.5. The van der Waals surface area contributed by atoms with Gasteiger partial charge in [-0.3, -0.25) is 14.4 Å². The number of rotatable bonds is 12. The van der Waals surface area contributed by atoms with Gasteiger partial charge in [0.2, 0.25) is 0 Å². The second-order valence-electron chi connectivity index (χ2n) is 20.5. The van der Waals surface area contributed by atoms with E-state index in [1.807, 2.05) is 0 Å². The molecule has 0 spiro atoms. The minimum atomic E-state index is -1.17. The van der Waals surface area contributed by atoms with Gasteiger partial charge in [0.15, 0.2) is 5.78 Å². The summed E-state index contributed by atoms with van der Waals surface area (Å²) in [6, 6.07) is -0.0799. The standard InChI is InChI=1S/C43H71NO7/c1-25(2)20-27(24-45)44-23-32(47)43-19-18-41(10)28(36(43)35(26(3)4)29(46)21-43)12-13-31-40(9)16-15-33(51-34(48)22-38(5,6)37(49)50)39(7,8)30(40)14-17-42(31,41)11/h25-28,30-33,44-45,47H,12-24H2,1-11H3,(H,49,50). The zero-order valence-corrected chi connectivity index (χ0v) is 33.8. The van der Waals surface area contributed by atoms with Gasteiger partial charge in [-0.2, -0.15) is 0 Å². The molecule has 4 saturated carbocycles. The number of nitrogens with one attached hydrogen (secondary N) is 1. The lowest BCUT2D eigenvalue weighted by Crippen LogP contribution is -2.66. The number of ether oxygens (including phenoxy) is 1. The van der Waals surface area contributed by atoms with Crippen molar-refractivity contribution in [2.24, 2.45) is 62.1 Å². The highest BCUT2D eigenvalue weighted by atomic mass is 16.5. The molecule has 0 aromatic rings. The SMILES string of the molecule is CC(C)CC(CO)NCC(O)C12CCC3(C)C(CCC4C5(C)CCC(OC(=O)CC(C)(C)C(=O)O)C(C)(C)C5CCC43C)C1=C(C(C)C)C(=O)C2. The number of aliphatic hydroxyl groups excluding tert-OH is 2. The van der Waals surface area contributed by atoms with E-state index < -0.39 is 28.9 Å². The molecule has 0 amide bonds. The number of hydrogen-bond acceptors (Lipinski definition) is 7. The smallest absolute Gasteiger partial charge is 0.309 e. The van der Waals surface area contributed by atoms with Crippen molar-refractivity contribution in [3.05, 3.63) is 11.1 Å². The van der Waals surface area contributed by atoms with Crippen molar-refractivity contribution < 1.29 is 34.4 Å². The molecule has 0 bridgehead atoms. The Kier molecular flexibility index (Phi) is 11.0. The van der Waals surface area contributed by atoms with E-state index in [2.05, 4.69) is 67.6 Å². The molecule has 8 nitrogen and oxygen atoms in total. The highest BCUT2D eigenvalue weighted by molar-refractivity contribution is 6.00. The van der Waals surface area contributed by atoms with Crippen LogP contribution >= 0.6 is 0 Å². The van der Waals surface area contributed by atoms with Crippen LogP contribution in [0.2, 0.25) is 0 Å². The highest BCUT2D eigenvalue weighted by Crippen LogP contribution is 2.77. The first-order chi connectivity index (χ1) is 23.5. The van der Waals surface area contributed by atoms with E-state index in [-0.39, 0.29) is 64.5 Å². The predicted molar refractivity (Wildman–Crippen MR) is 200 cm³/mol. The van der Waals surface area contributed by atoms with Crippen LogP contribution in [0.4, 0.5) is 0 Å². The van der Waals surface area contributed by atoms with Crippen molar-refractivity contribution in [1.29, 1.82) is 0 Å². The van der Waals surface area contributed by atoms with E-state index >= 15 is 0 Å². The molecule has 51 heavy (non-hydrogen) atoms. The van der Waals surface area contributed by atoms with Gasteiger partial charge in [-0.1, -0.05) is 67.9 Å². The molecule has 4 N–H and O–H groups in total. The molecule has 10 atom stereocenters. The monoisotopic (exact) mass is 714 g/mol. The van der Waals surface area contributed by atoms with Gasteiger partial charge in [0, 0.05) is 29.8 Å². The molecule has 0 heterocycles. The molecule has 5 aliphatic rings. The number of ketones is 1. The molecule has 4 fully saturated rings. The molecule has 0 saturated heterocycles. The van der Waals surface area contributed by atoms with Crippen molar-refractivity contribution in [3.8, 4) is 0 Å². The molecular formula is C43H71NO7. The molecule has 0 radical (unpaired) electrons. The number of aliphatic carboxylic acids is 1. The molecule has 5 rings (SSSR count). The quantitative estimate of drug-likeness (QED) is 0.151. The largest absolute Gasteiger partial charge is 0.481 e. The zero-order chi connectivity index (χ0) is 38.1. The fourth-order valence-corrected chi connectivity index (χ4v) is 13.2. The maximum Gasteiger partial charge on any atom is 0.309 e. The molecule has 8 heteroatoms. The van der Waals surface area contributed by atoms with Crippen molar-refractivity contribution in [1.82, 2.24) is 5.32 Å². The highest BCUT2D eigenvalue weighted by Gasteiger charge is 2.70. The normalized spacial score (nSPS) is 38.8. The van der Waals surface area contributed by atoms with Crippen LogP contribution in [0.5, 0.6) is 0 Å². The van der Waals surface area contributed by atoms with Gasteiger partial charge >= 0.3 is 11.9 Å². The third-order valence-electron chi connectivity index (χ3n) is 16.1. The molecule has 0 aromatic heterocycles. The summed E-state index contributed by atoms with van der Waals surface area (Å²) in [6.07, 6.45) is 7.85. The van der Waals surface area contributed by atoms with Gasteiger partial charge in [0.1, 0.15) is 6.10 Å². The van der Waals surface area contributed by atoms with Crippen molar-refractivity contribution in [3.63, 3.8) is 0 Å². The summed E-state index contributed by atoms with van der Waals surface area (Å²) in [6.45, 7) is 24.2. The van der Waals surface area contributed by atoms with E-state index in [0.29, 0.717) is 30.7 Å². The zero-order valence-electron chi connectivity index (χ0n) is 33.8. The Hall–Kier alpha value is -1.77. The van der Waals surface area contributed by atoms with E-state index in [1.54, 1.807) is 13.8 Å². The number of carboxylic acids is 1. The maximum absolute atomic E-state index is 14.0. The van der Waals surface area contributed by atoms with E-state index in [0.717, 1.165) is 63.4 Å². The summed E-state index contributed by atoms with van der Waals surface area (Å²) in [5, 5.41) is 35.3. The Labute approximate surface area is 308 Å². The van der Waals surface area contributed by atoms with Gasteiger partial charge in [-0.05, 0) is 123 Å². The Balaban J connectivity index is 1.43. The third kappa shape index (κ3) is 6.47. The summed E-state index contributed by atoms with van der Waals surface area (Å²) >= 11 is 0. The number of carbonyl (C=O) groups is 3. The van der Waals surface area contributed by atoms with Gasteiger partial charge in [0.25, 0.3) is 0 Å². The lowest BCUT2D eigenvalue weighted by Gasteiger charge is -2.72. The summed E-state index contributed by atoms with van der Waals surface area (Å²) in [5.41, 5.74) is 0.339. The molecule has 5 aliphatic carbocycles. The van der Waals surface area contributed by atoms with Crippen molar-refractivity contribution >= 4 is 17.7 Å². The van der Waals surface area contributed by atoms with Gasteiger partial charge in [0.05, 0.1) is 24.5 Å². The van der Waals surface area contributed by atoms with Crippen molar-refractivity contribution in [2.45, 2.75) is 165 Å². The third-order valence-corrected chi connectivity index (χ3v) is 16.1. The first kappa shape index (κ1) is 40.4. The Morgan fingerprint density at radius 3 is 2.18 bits per heavy atom. The molecule has 0 aromatic carbocycles. The average Bonchev–Trinajstić information content (AvgIpc) is 3.33. The van der Waals surface area contributed by atoms with Gasteiger partial charge in [-0.25, -0.2) is 0 Å². The predicted octanol–water partition coefficient (Wildman–Crippen LogP) is 7.74. The van der Waals surface area contributed by atoms with Crippen LogP contribution in [0.15, 0.2) is 11.1 Å². The summed E-state index contributed by atoms with van der Waals surface area (Å²) in [5.74, 6) is 0.402. The Bertz CT molecular complexity index is 1400. The van der Waals surface area contributed by atoms with Gasteiger partial charge < -0.3 is 25.4 Å². The number of carbonyl (C=O) groups excluding carboxylic acids is 2. The fourth-order valence-electron chi connectivity index (χ4n) is 13.2. The number of aliphatic hydroxyl groups is 2. The van der Waals surface area contributed by atoms with Crippen LogP contribution in [0.1, 0.15) is 147 Å². The van der Waals surface area contributed by atoms with Crippen LogP contribution in [0, 0.1) is 62.1 Å². The number of hydrogen-bond donors (Lipinski definition) is 4. The number of carboxylic acid groups (broad SMARTS) is 1. The molecule has 10 unspecified atom stereocenters. The van der Waals surface area contributed by atoms with Crippen molar-refractivity contribution in [2.75, 3.05) is 13.2 Å². The first-order valence-corrected chi connectivity index (χ1v) is 20.2. The fraction of sp³-hybridized carbons (Fsp3) is 0.884. The summed E-state index contributed by atoms with van der Waals surface area (Å²) in [7, 11) is 0. The van der Waals surface area contributed by atoms with Crippen LogP contribution in [0.25, 0.3) is 0 Å². The summed E-state index contributed by atoms with van der Waals surface area (Å²) in [4.78, 5) is 38.8. The van der Waals surface area contributed by atoms with E-state index in [4.69, 9.17) is 4.74 Å². The average molecular weight is 714 g/mol. The Morgan fingerprint density at radius 2 is 1.59 bits per heavy atom. The number of Topliss-reactive ketones (excluding diaryl/α,β-unsaturated/α-hetero) is 1. The summed E-state index contributed by atoms with van der Waals surface area (Å²) < 4.78 is 6.16. The topological polar surface area (TPSA) is 133 Å². The minimum absolute atomic E-state index is 0.0260. The Morgan fingerprint density at radius 1 is 0.922 bits per heavy atom. The lowest BCUT2D eigenvalue weighted by molar-refractivity contribution is -0.235. The maximum atomic E-state index is 14.0. The number of fused-ring (bicyclic) bond motifs is 7. The number of allylic oxidation sites excluding steroid dienone is 1. The molecular weight excluding hydrogens is 642 g/mol. The van der Waals surface area contributed by atoms with E-state index in [1.165, 1.54) is 5.57 Å². The van der Waals surface area contributed by atoms with Crippen LogP contribution in [-0.2, 0) is 19.1 Å². The number of esters is 1. The molecule has 290 valence electrons. The van der Waals surface area contributed by atoms with Crippen LogP contribution in [-0.4, -0.2) is 64.4 Å². The van der Waals surface area contributed by atoms with Gasteiger partial charge in [-0.15, -0.1) is 0 Å². The van der Waals surface area contributed by atoms with E-state index in [9.17, 15) is 29.7 Å². The van der Waals surface area contributed by atoms with Crippen LogP contribution < -0.4 is 5.32 Å². The lowest BCUT2D eigenvalue weighted by atomic mass is 9.33. The molecule has 0 aliphatic heterocycles. The van der Waals surface area contributed by atoms with Crippen LogP contribution in [0.3, 0.4) is 0 Å².